The normalized spacial score (nSPS) is 14.6. The van der Waals surface area contributed by atoms with Crippen LogP contribution in [0, 0.1) is 0 Å². The van der Waals surface area contributed by atoms with Crippen molar-refractivity contribution in [3.63, 3.8) is 0 Å². The van der Waals surface area contributed by atoms with Crippen molar-refractivity contribution >= 4 is 136 Å². The zero-order valence-corrected chi connectivity index (χ0v) is 52.1. The summed E-state index contributed by atoms with van der Waals surface area (Å²) >= 11 is 19.5. The number of hydrogen-bond acceptors (Lipinski definition) is 20. The van der Waals surface area contributed by atoms with Crippen molar-refractivity contribution < 1.29 is 9.53 Å². The minimum absolute atomic E-state index is 0.0709. The van der Waals surface area contributed by atoms with Crippen molar-refractivity contribution in [1.29, 1.82) is 0 Å². The smallest absolute Gasteiger partial charge is 0.223 e. The Morgan fingerprint density at radius 1 is 0.562 bits per heavy atom. The van der Waals surface area contributed by atoms with E-state index in [1.165, 1.54) is 31.8 Å². The fourth-order valence-electron chi connectivity index (χ4n) is 11.1. The number of aromatic amines is 3. The van der Waals surface area contributed by atoms with Gasteiger partial charge in [0.2, 0.25) is 11.8 Å². The monoisotopic (exact) mass is 1250 g/mol. The first kappa shape index (κ1) is 59.9. The number of piperazine rings is 1. The molecule has 2 saturated heterocycles. The number of rotatable bonds is 15. The van der Waals surface area contributed by atoms with Gasteiger partial charge in [0.1, 0.15) is 53.8 Å². The largest absolute Gasteiger partial charge is 0.476 e. The molecule has 24 nitrogen and oxygen atoms in total. The van der Waals surface area contributed by atoms with Gasteiger partial charge in [0.15, 0.2) is 34.4 Å². The predicted octanol–water partition coefficient (Wildman–Crippen LogP) is 11.4. The second-order valence-electron chi connectivity index (χ2n) is 22.0. The first-order valence-corrected chi connectivity index (χ1v) is 30.4. The number of amides is 1. The summed E-state index contributed by atoms with van der Waals surface area (Å²) in [6.45, 7) is 14.2. The van der Waals surface area contributed by atoms with Crippen LogP contribution < -0.4 is 30.5 Å². The first-order valence-electron chi connectivity index (χ1n) is 29.3. The van der Waals surface area contributed by atoms with Gasteiger partial charge < -0.3 is 50.3 Å². The highest BCUT2D eigenvalue weighted by molar-refractivity contribution is 6.37. The number of pyridine rings is 3. The van der Waals surface area contributed by atoms with Crippen LogP contribution in [0.4, 0.5) is 29.1 Å². The number of carbonyl (C=O) groups excluding carboxylic acids is 1. The minimum atomic E-state index is -0.128. The summed E-state index contributed by atoms with van der Waals surface area (Å²) in [6.07, 6.45) is 11.8. The fourth-order valence-corrected chi connectivity index (χ4v) is 11.9. The van der Waals surface area contributed by atoms with Gasteiger partial charge in [-0.05, 0) is 99.3 Å². The molecule has 0 saturated carbocycles. The van der Waals surface area contributed by atoms with Gasteiger partial charge in [-0.1, -0.05) is 71.2 Å². The van der Waals surface area contributed by atoms with Crippen LogP contribution in [0.3, 0.4) is 0 Å². The molecule has 0 spiro atoms. The molecule has 89 heavy (non-hydrogen) atoms. The lowest BCUT2D eigenvalue weighted by atomic mass is 10.1. The lowest BCUT2D eigenvalue weighted by molar-refractivity contribution is -0.129. The topological polar surface area (TPSA) is 277 Å². The molecule has 0 bridgehead atoms. The lowest BCUT2D eigenvalue weighted by Gasteiger charge is -2.36. The Morgan fingerprint density at radius 3 is 1.48 bits per heavy atom. The molecule has 6 N–H and O–H groups in total. The molecule has 2 fully saturated rings. The van der Waals surface area contributed by atoms with E-state index < -0.39 is 0 Å². The lowest BCUT2D eigenvalue weighted by Crippen LogP contribution is -2.48. The Hall–Kier alpha value is -9.36. The van der Waals surface area contributed by atoms with Gasteiger partial charge in [0.25, 0.3) is 0 Å². The molecule has 11 heterocycles. The third-order valence-corrected chi connectivity index (χ3v) is 16.7. The molecule has 9 aromatic heterocycles. The molecule has 14 rings (SSSR count). The Labute approximate surface area is 526 Å². The average Bonchev–Trinajstić information content (AvgIpc) is 2.80. The van der Waals surface area contributed by atoms with Crippen LogP contribution in [-0.2, 0) is 4.79 Å². The molecule has 3 atom stereocenters. The maximum atomic E-state index is 11.7. The van der Waals surface area contributed by atoms with Crippen LogP contribution in [0.2, 0.25) is 15.1 Å². The van der Waals surface area contributed by atoms with Gasteiger partial charge in [0, 0.05) is 64.5 Å². The van der Waals surface area contributed by atoms with Gasteiger partial charge in [-0.3, -0.25) is 9.69 Å². The van der Waals surface area contributed by atoms with Gasteiger partial charge in [-0.15, -0.1) is 0 Å². The summed E-state index contributed by atoms with van der Waals surface area (Å²) in [6, 6.07) is 23.4. The van der Waals surface area contributed by atoms with E-state index >= 15 is 0 Å². The van der Waals surface area contributed by atoms with Crippen molar-refractivity contribution in [3.8, 4) is 5.88 Å². The Balaban J connectivity index is 0.000000130. The van der Waals surface area contributed by atoms with E-state index in [1.807, 2.05) is 105 Å². The number of imidazole rings is 3. The standard InChI is InChI=1S/C22H23ClN8O.C22H24ClN7O.C18H18ClN7/c1-13(28-21-19-20(25-11-24-19)26-12-27-21)17-10-15-4-3-5-16(23)18(15)22(29-17)31-8-6-30(7-9-31)14(2)32;1-14(28-21-19-20(25-12-24-19)26-13-27-21)17-11-15-5-4-6-16(23)18(15)22(29-17)31-10-9-30-7-2-3-8-30;1-10(24-17-15-16(21-8-20-15)22-9-23-17)13-7-11-5-4-6-12(19)14(11)18(25-13)26(2)3/h3-5,10-13H,6-9H2,1-2H3,(H2,24,25,26,27,28);4-6,11-14H,2-3,7-10H2,1H3,(H2,24,25,26,27,28);4-10H,1-3H3,(H2,20,21,22,23,24)/t13-;14-;10-/m000/s1. The SMILES string of the molecule is CC(=O)N1CCN(c2nc([C@H](C)Nc3ncnc4nc[nH]c34)cc3cccc(Cl)c23)CC1.C[C@H](Nc1ncnc2nc[nH]c12)c1cc2cccc(Cl)c2c(N(C)C)n1.C[C@H](Nc1ncnc2nc[nH]c12)c1cc2cccc(Cl)c2c(OCCN2CCCC2)n1. The summed E-state index contributed by atoms with van der Waals surface area (Å²) in [7, 11) is 3.93. The number of fused-ring (bicyclic) bond motifs is 6. The number of nitrogens with one attached hydrogen (secondary N) is 6. The molecule has 456 valence electrons. The van der Waals surface area contributed by atoms with Gasteiger partial charge >= 0.3 is 0 Å². The maximum absolute atomic E-state index is 11.7. The van der Waals surface area contributed by atoms with Crippen molar-refractivity contribution in [2.45, 2.75) is 58.7 Å². The Bertz CT molecular complexity index is 4490. The Kier molecular flexibility index (Phi) is 17.9. The molecular weight excluding hydrogens is 1190 g/mol. The summed E-state index contributed by atoms with van der Waals surface area (Å²) < 4.78 is 6.15. The van der Waals surface area contributed by atoms with Crippen LogP contribution in [0.5, 0.6) is 5.88 Å². The summed E-state index contributed by atoms with van der Waals surface area (Å²) in [4.78, 5) is 82.2. The number of anilines is 5. The van der Waals surface area contributed by atoms with Gasteiger partial charge in [-0.25, -0.2) is 59.8 Å². The zero-order chi connectivity index (χ0) is 61.7. The highest BCUT2D eigenvalue weighted by atomic mass is 35.5. The number of hydrogen-bond donors (Lipinski definition) is 6. The van der Waals surface area contributed by atoms with Crippen molar-refractivity contribution in [3.05, 3.63) is 143 Å². The number of halogens is 3. The Morgan fingerprint density at radius 2 is 1.00 bits per heavy atom. The minimum Gasteiger partial charge on any atom is -0.476 e. The second-order valence-corrected chi connectivity index (χ2v) is 23.2. The van der Waals surface area contributed by atoms with Crippen molar-refractivity contribution in [2.24, 2.45) is 0 Å². The number of likely N-dealkylation sites (tertiary alicyclic amines) is 1. The maximum Gasteiger partial charge on any atom is 0.223 e. The van der Waals surface area contributed by atoms with Gasteiger partial charge in [0.05, 0.1) is 74.6 Å². The third kappa shape index (κ3) is 13.1. The average molecular weight is 1260 g/mol. The van der Waals surface area contributed by atoms with Crippen molar-refractivity contribution in [1.82, 2.24) is 84.6 Å². The summed E-state index contributed by atoms with van der Waals surface area (Å²) in [5, 5.41) is 18.0. The fraction of sp³-hybridized carbons (Fsp3) is 0.306. The van der Waals surface area contributed by atoms with E-state index in [0.717, 1.165) is 97.2 Å². The molecule has 0 radical (unpaired) electrons. The zero-order valence-electron chi connectivity index (χ0n) is 49.8. The molecule has 0 aliphatic carbocycles. The summed E-state index contributed by atoms with van der Waals surface area (Å²) in [5.41, 5.74) is 6.76. The number of H-pyrrole nitrogens is 3. The van der Waals surface area contributed by atoms with Crippen LogP contribution in [0.1, 0.15) is 75.7 Å². The van der Waals surface area contributed by atoms with Crippen LogP contribution >= 0.6 is 34.8 Å². The van der Waals surface area contributed by atoms with Crippen LogP contribution in [-0.4, -0.2) is 157 Å². The quantitative estimate of drug-likeness (QED) is 0.0556. The number of aromatic nitrogens is 15. The van der Waals surface area contributed by atoms with Crippen molar-refractivity contribution in [2.75, 3.05) is 92.3 Å². The summed E-state index contributed by atoms with van der Waals surface area (Å²) in [5.74, 6) is 4.39. The molecule has 1 amide bonds. The van der Waals surface area contributed by atoms with Crippen LogP contribution in [0.25, 0.3) is 65.8 Å². The van der Waals surface area contributed by atoms with E-state index in [-0.39, 0.29) is 24.0 Å². The highest BCUT2D eigenvalue weighted by Crippen LogP contribution is 2.38. The van der Waals surface area contributed by atoms with Gasteiger partial charge in [-0.2, -0.15) is 0 Å². The molecule has 2 aliphatic rings. The van der Waals surface area contributed by atoms with E-state index in [2.05, 4.69) is 97.7 Å². The highest BCUT2D eigenvalue weighted by Gasteiger charge is 2.25. The number of nitrogens with zero attached hydrogens (tertiary/aromatic N) is 16. The molecule has 27 heteroatoms. The number of benzene rings is 3. The van der Waals surface area contributed by atoms with E-state index in [0.29, 0.717) is 88.1 Å². The molecule has 3 aromatic carbocycles. The van der Waals surface area contributed by atoms with E-state index in [4.69, 9.17) is 54.5 Å². The predicted molar refractivity (Wildman–Crippen MR) is 351 cm³/mol. The molecular formula is C62H65Cl3N22O2. The number of carbonyl (C=O) groups is 1. The first-order chi connectivity index (χ1) is 43.2. The molecule has 0 unspecified atom stereocenters. The van der Waals surface area contributed by atoms with Crippen LogP contribution in [0.15, 0.2) is 111 Å². The number of ether oxygens (including phenoxy) is 1. The van der Waals surface area contributed by atoms with E-state index in [1.54, 1.807) is 25.9 Å². The molecule has 12 aromatic rings. The second kappa shape index (κ2) is 26.5. The molecule has 2 aliphatic heterocycles. The van der Waals surface area contributed by atoms with E-state index in [9.17, 15) is 4.79 Å². The third-order valence-electron chi connectivity index (χ3n) is 15.8.